The number of hydrogen-bond donors (Lipinski definition) is 2. The van der Waals surface area contributed by atoms with E-state index in [2.05, 4.69) is 34.4 Å². The first-order valence-corrected chi connectivity index (χ1v) is 8.29. The van der Waals surface area contributed by atoms with E-state index in [1.54, 1.807) is 12.1 Å². The van der Waals surface area contributed by atoms with Crippen LogP contribution in [0.2, 0.25) is 0 Å². The van der Waals surface area contributed by atoms with E-state index in [9.17, 15) is 9.18 Å². The van der Waals surface area contributed by atoms with E-state index in [1.807, 2.05) is 24.3 Å². The number of nitrogens with one attached hydrogen (secondary N) is 2. The highest BCUT2D eigenvalue weighted by molar-refractivity contribution is 6.03. The maximum atomic E-state index is 13.3. The fourth-order valence-corrected chi connectivity index (χ4v) is 2.54. The minimum Gasteiger partial charge on any atom is -0.324 e. The van der Waals surface area contributed by atoms with Crippen LogP contribution in [-0.2, 0) is 0 Å². The Balaban J connectivity index is 1.79. The van der Waals surface area contributed by atoms with Crippen molar-refractivity contribution in [2.75, 3.05) is 10.6 Å². The molecule has 0 radical (unpaired) electrons. The molecule has 0 saturated heterocycles. The first-order chi connectivity index (χ1) is 12.5. The number of amides is 1. The summed E-state index contributed by atoms with van der Waals surface area (Å²) in [6.45, 7) is 4.13. The van der Waals surface area contributed by atoms with Crippen LogP contribution in [0.15, 0.2) is 60.8 Å². The van der Waals surface area contributed by atoms with E-state index in [1.165, 1.54) is 24.4 Å². The Bertz CT molecular complexity index is 927. The lowest BCUT2D eigenvalue weighted by molar-refractivity contribution is 0.102. The predicted molar refractivity (Wildman–Crippen MR) is 100 cm³/mol. The van der Waals surface area contributed by atoms with E-state index in [4.69, 9.17) is 0 Å². The molecule has 3 rings (SSSR count). The highest BCUT2D eigenvalue weighted by Gasteiger charge is 2.13. The third-order valence-electron chi connectivity index (χ3n) is 3.80. The van der Waals surface area contributed by atoms with Crippen molar-refractivity contribution < 1.29 is 9.18 Å². The second-order valence-electron chi connectivity index (χ2n) is 6.10. The second kappa shape index (κ2) is 7.74. The lowest BCUT2D eigenvalue weighted by Crippen LogP contribution is -2.16. The van der Waals surface area contributed by atoms with Crippen molar-refractivity contribution in [2.24, 2.45) is 0 Å². The van der Waals surface area contributed by atoms with Crippen LogP contribution in [0.25, 0.3) is 0 Å². The fourth-order valence-electron chi connectivity index (χ4n) is 2.54. The van der Waals surface area contributed by atoms with Gasteiger partial charge in [-0.25, -0.2) is 14.4 Å². The molecule has 1 aromatic heterocycles. The van der Waals surface area contributed by atoms with Gasteiger partial charge >= 0.3 is 0 Å². The predicted octanol–water partition coefficient (Wildman–Crippen LogP) is 4.74. The first kappa shape index (κ1) is 17.5. The summed E-state index contributed by atoms with van der Waals surface area (Å²) >= 11 is 0. The minimum atomic E-state index is -0.366. The smallest absolute Gasteiger partial charge is 0.274 e. The topological polar surface area (TPSA) is 66.9 Å². The lowest BCUT2D eigenvalue weighted by atomic mass is 10.0. The van der Waals surface area contributed by atoms with Gasteiger partial charge in [0.15, 0.2) is 0 Å². The van der Waals surface area contributed by atoms with Gasteiger partial charge in [-0.3, -0.25) is 4.79 Å². The van der Waals surface area contributed by atoms with Crippen molar-refractivity contribution in [1.29, 1.82) is 0 Å². The SMILES string of the molecule is CC(C)c1ccccc1NC(=O)c1ccnc(Nc2cccc(F)c2)n1. The van der Waals surface area contributed by atoms with Gasteiger partial charge in [-0.2, -0.15) is 0 Å². The average molecular weight is 350 g/mol. The molecule has 0 aliphatic heterocycles. The van der Waals surface area contributed by atoms with Crippen LogP contribution in [0.3, 0.4) is 0 Å². The highest BCUT2D eigenvalue weighted by Crippen LogP contribution is 2.24. The van der Waals surface area contributed by atoms with Crippen LogP contribution in [0.5, 0.6) is 0 Å². The van der Waals surface area contributed by atoms with Gasteiger partial charge in [0.25, 0.3) is 5.91 Å². The van der Waals surface area contributed by atoms with E-state index < -0.39 is 0 Å². The molecule has 0 saturated carbocycles. The number of benzene rings is 2. The third kappa shape index (κ3) is 4.22. The van der Waals surface area contributed by atoms with Gasteiger partial charge in [-0.1, -0.05) is 38.1 Å². The minimum absolute atomic E-state index is 0.220. The first-order valence-electron chi connectivity index (χ1n) is 8.29. The van der Waals surface area contributed by atoms with E-state index in [0.29, 0.717) is 5.69 Å². The number of nitrogens with zero attached hydrogens (tertiary/aromatic N) is 2. The van der Waals surface area contributed by atoms with Crippen molar-refractivity contribution in [2.45, 2.75) is 19.8 Å². The molecule has 0 atom stereocenters. The summed E-state index contributed by atoms with van der Waals surface area (Å²) in [5, 5.41) is 5.78. The van der Waals surface area contributed by atoms with Crippen LogP contribution in [0.4, 0.5) is 21.7 Å². The monoisotopic (exact) mass is 350 g/mol. The molecular weight excluding hydrogens is 331 g/mol. The van der Waals surface area contributed by atoms with Crippen molar-refractivity contribution in [1.82, 2.24) is 9.97 Å². The zero-order valence-electron chi connectivity index (χ0n) is 14.5. The molecule has 2 N–H and O–H groups in total. The summed E-state index contributed by atoms with van der Waals surface area (Å²) in [5.74, 6) is -0.195. The Labute approximate surface area is 151 Å². The number of carbonyl (C=O) groups is 1. The summed E-state index contributed by atoms with van der Waals surface area (Å²) in [4.78, 5) is 20.8. The fraction of sp³-hybridized carbons (Fsp3) is 0.150. The van der Waals surface area contributed by atoms with Crippen LogP contribution in [0.1, 0.15) is 35.8 Å². The Kier molecular flexibility index (Phi) is 5.22. The number of rotatable bonds is 5. The largest absolute Gasteiger partial charge is 0.324 e. The molecule has 132 valence electrons. The number of aromatic nitrogens is 2. The molecule has 0 fully saturated rings. The molecule has 26 heavy (non-hydrogen) atoms. The number of para-hydroxylation sites is 1. The molecular formula is C20H19FN4O. The number of carbonyl (C=O) groups excluding carboxylic acids is 1. The summed E-state index contributed by atoms with van der Waals surface area (Å²) < 4.78 is 13.3. The van der Waals surface area contributed by atoms with Crippen LogP contribution in [0, 0.1) is 5.82 Å². The second-order valence-corrected chi connectivity index (χ2v) is 6.10. The number of halogens is 1. The Morgan fingerprint density at radius 3 is 2.65 bits per heavy atom. The quantitative estimate of drug-likeness (QED) is 0.698. The highest BCUT2D eigenvalue weighted by atomic mass is 19.1. The van der Waals surface area contributed by atoms with Gasteiger partial charge in [0.2, 0.25) is 5.95 Å². The Hall–Kier alpha value is -3.28. The van der Waals surface area contributed by atoms with Gasteiger partial charge in [0, 0.05) is 17.6 Å². The molecule has 3 aromatic rings. The number of anilines is 3. The van der Waals surface area contributed by atoms with Gasteiger partial charge in [-0.05, 0) is 41.8 Å². The molecule has 1 amide bonds. The van der Waals surface area contributed by atoms with Crippen LogP contribution >= 0.6 is 0 Å². The molecule has 2 aromatic carbocycles. The zero-order chi connectivity index (χ0) is 18.5. The van der Waals surface area contributed by atoms with Gasteiger partial charge in [0.05, 0.1) is 0 Å². The maximum absolute atomic E-state index is 13.3. The molecule has 0 unspecified atom stereocenters. The zero-order valence-corrected chi connectivity index (χ0v) is 14.5. The summed E-state index contributed by atoms with van der Waals surface area (Å²) in [5.41, 5.74) is 2.53. The van der Waals surface area contributed by atoms with Gasteiger partial charge in [-0.15, -0.1) is 0 Å². The van der Waals surface area contributed by atoms with Crippen molar-refractivity contribution in [3.8, 4) is 0 Å². The van der Waals surface area contributed by atoms with Crippen molar-refractivity contribution in [3.05, 3.63) is 77.9 Å². The molecule has 0 bridgehead atoms. The molecule has 1 heterocycles. The Morgan fingerprint density at radius 1 is 1.08 bits per heavy atom. The van der Waals surface area contributed by atoms with E-state index in [0.717, 1.165) is 11.3 Å². The summed E-state index contributed by atoms with van der Waals surface area (Å²) in [7, 11) is 0. The molecule has 5 nitrogen and oxygen atoms in total. The number of hydrogen-bond acceptors (Lipinski definition) is 4. The van der Waals surface area contributed by atoms with Gasteiger partial charge in [0.1, 0.15) is 11.5 Å². The standard InChI is InChI=1S/C20H19FN4O/c1-13(2)16-8-3-4-9-17(16)24-19(26)18-10-11-22-20(25-18)23-15-7-5-6-14(21)12-15/h3-13H,1-2H3,(H,24,26)(H,22,23,25). The van der Waals surface area contributed by atoms with Gasteiger partial charge < -0.3 is 10.6 Å². The van der Waals surface area contributed by atoms with Crippen molar-refractivity contribution >= 4 is 23.2 Å². The summed E-state index contributed by atoms with van der Waals surface area (Å²) in [6.07, 6.45) is 1.48. The molecule has 0 aliphatic rings. The van der Waals surface area contributed by atoms with E-state index >= 15 is 0 Å². The molecule has 0 spiro atoms. The Morgan fingerprint density at radius 2 is 1.88 bits per heavy atom. The maximum Gasteiger partial charge on any atom is 0.274 e. The molecule has 0 aliphatic carbocycles. The lowest BCUT2D eigenvalue weighted by Gasteiger charge is -2.13. The third-order valence-corrected chi connectivity index (χ3v) is 3.80. The normalized spacial score (nSPS) is 10.6. The average Bonchev–Trinajstić information content (AvgIpc) is 2.62. The van der Waals surface area contributed by atoms with E-state index in [-0.39, 0.29) is 29.3 Å². The summed E-state index contributed by atoms with van der Waals surface area (Å²) in [6, 6.07) is 15.1. The van der Waals surface area contributed by atoms with Crippen molar-refractivity contribution in [3.63, 3.8) is 0 Å². The molecule has 6 heteroatoms. The van der Waals surface area contributed by atoms with Crippen LogP contribution in [-0.4, -0.2) is 15.9 Å². The van der Waals surface area contributed by atoms with Crippen LogP contribution < -0.4 is 10.6 Å².